The maximum atomic E-state index is 14.4. The zero-order valence-corrected chi connectivity index (χ0v) is 18.1. The molecular weight excluding hydrogens is 373 g/mol. The lowest BCUT2D eigenvalue weighted by atomic mass is 10.0. The van der Waals surface area contributed by atoms with Gasteiger partial charge in [-0.25, -0.2) is 5.09 Å². The van der Waals surface area contributed by atoms with Crippen LogP contribution in [0.1, 0.15) is 38.3 Å². The summed E-state index contributed by atoms with van der Waals surface area (Å²) in [6, 6.07) is 29.6. The second kappa shape index (κ2) is 10.4. The minimum atomic E-state index is -3.02. The average molecular weight is 404 g/mol. The van der Waals surface area contributed by atoms with Gasteiger partial charge in [-0.1, -0.05) is 99.2 Å². The highest BCUT2D eigenvalue weighted by Crippen LogP contribution is 2.42. The first-order chi connectivity index (χ1) is 14.1. The maximum Gasteiger partial charge on any atom is 0.205 e. The fraction of sp³-hybridized carbons (Fsp3) is 0.231. The molecule has 0 radical (unpaired) electrons. The fourth-order valence-corrected chi connectivity index (χ4v) is 5.68. The molecule has 29 heavy (non-hydrogen) atoms. The summed E-state index contributed by atoms with van der Waals surface area (Å²) in [4.78, 5) is 0. The first-order valence-electron chi connectivity index (χ1n) is 10.3. The Morgan fingerprint density at radius 3 is 1.79 bits per heavy atom. The Morgan fingerprint density at radius 2 is 1.31 bits per heavy atom. The zero-order chi connectivity index (χ0) is 20.5. The Balaban J connectivity index is 2.00. The molecule has 0 saturated heterocycles. The van der Waals surface area contributed by atoms with E-state index in [0.717, 1.165) is 29.0 Å². The largest absolute Gasteiger partial charge is 0.296 e. The Bertz CT molecular complexity index is 895. The van der Waals surface area contributed by atoms with E-state index < -0.39 is 7.29 Å². The molecule has 0 aromatic heterocycles. The van der Waals surface area contributed by atoms with Gasteiger partial charge >= 0.3 is 0 Å². The number of nitrogens with one attached hydrogen (secondary N) is 1. The van der Waals surface area contributed by atoms with Gasteiger partial charge in [0.25, 0.3) is 0 Å². The molecule has 3 rings (SSSR count). The van der Waals surface area contributed by atoms with Crippen molar-refractivity contribution in [3.8, 4) is 0 Å². The Kier molecular flexibility index (Phi) is 7.63. The predicted octanol–water partition coefficient (Wildman–Crippen LogP) is 6.24. The first-order valence-corrected chi connectivity index (χ1v) is 12.0. The van der Waals surface area contributed by atoms with Crippen LogP contribution in [-0.4, -0.2) is 0 Å². The lowest BCUT2D eigenvalue weighted by molar-refractivity contribution is 0.566. The third kappa shape index (κ3) is 5.56. The molecule has 1 N–H and O–H groups in total. The summed E-state index contributed by atoms with van der Waals surface area (Å²) in [5, 5.41) is 5.18. The van der Waals surface area contributed by atoms with Crippen LogP contribution in [0, 0.1) is 5.92 Å². The number of benzene rings is 3. The molecular formula is C26H30NOP. The molecule has 0 saturated carbocycles. The van der Waals surface area contributed by atoms with Gasteiger partial charge in [0, 0.05) is 10.6 Å². The van der Waals surface area contributed by atoms with Crippen LogP contribution in [0.2, 0.25) is 0 Å². The van der Waals surface area contributed by atoms with Crippen molar-refractivity contribution in [3.05, 3.63) is 109 Å². The highest BCUT2D eigenvalue weighted by Gasteiger charge is 2.29. The minimum Gasteiger partial charge on any atom is -0.296 e. The summed E-state index contributed by atoms with van der Waals surface area (Å²) in [5.74, 6) is 0.637. The molecule has 0 aliphatic carbocycles. The van der Waals surface area contributed by atoms with Crippen molar-refractivity contribution in [2.24, 2.45) is 5.92 Å². The smallest absolute Gasteiger partial charge is 0.205 e. The number of hydrogen-bond acceptors (Lipinski definition) is 1. The van der Waals surface area contributed by atoms with E-state index in [0.29, 0.717) is 5.92 Å². The molecule has 3 aromatic carbocycles. The molecule has 0 fully saturated rings. The van der Waals surface area contributed by atoms with Crippen LogP contribution in [0.3, 0.4) is 0 Å². The number of hydrogen-bond donors (Lipinski definition) is 1. The van der Waals surface area contributed by atoms with E-state index in [1.807, 2.05) is 78.9 Å². The standard InChI is InChI=1S/C26H30NOP/c1-3-22(2)14-13-21-26(23-15-7-4-8-16-23)27-29(28,24-17-9-5-10-18-24)25-19-11-6-12-20-25/h4-13,15-22,26H,3,14H2,1-2H3,(H,27,28)/b21-13+. The maximum absolute atomic E-state index is 14.4. The van der Waals surface area contributed by atoms with Gasteiger partial charge in [0.15, 0.2) is 0 Å². The normalized spacial score (nSPS) is 14.0. The topological polar surface area (TPSA) is 29.1 Å². The molecule has 0 heterocycles. The lowest BCUT2D eigenvalue weighted by Crippen LogP contribution is -2.30. The molecule has 3 aromatic rings. The summed E-state index contributed by atoms with van der Waals surface area (Å²) >= 11 is 0. The summed E-state index contributed by atoms with van der Waals surface area (Å²) in [6.45, 7) is 4.47. The zero-order valence-electron chi connectivity index (χ0n) is 17.2. The van der Waals surface area contributed by atoms with Crippen molar-refractivity contribution in [2.45, 2.75) is 32.7 Å². The van der Waals surface area contributed by atoms with Crippen LogP contribution < -0.4 is 15.7 Å². The van der Waals surface area contributed by atoms with Crippen LogP contribution >= 0.6 is 7.29 Å². The molecule has 2 atom stereocenters. The molecule has 0 bridgehead atoms. The Hall–Kier alpha value is -2.41. The van der Waals surface area contributed by atoms with Crippen molar-refractivity contribution < 1.29 is 4.57 Å². The van der Waals surface area contributed by atoms with Crippen molar-refractivity contribution in [1.29, 1.82) is 0 Å². The highest BCUT2D eigenvalue weighted by molar-refractivity contribution is 7.76. The van der Waals surface area contributed by atoms with Gasteiger partial charge in [0.1, 0.15) is 0 Å². The SMILES string of the molecule is CCC(C)C/C=C/C(NP(=O)(c1ccccc1)c1ccccc1)c1ccccc1. The summed E-state index contributed by atoms with van der Waals surface area (Å²) < 4.78 is 14.4. The average Bonchev–Trinajstić information content (AvgIpc) is 2.80. The molecule has 2 unspecified atom stereocenters. The highest BCUT2D eigenvalue weighted by atomic mass is 31.2. The van der Waals surface area contributed by atoms with E-state index in [9.17, 15) is 4.57 Å². The van der Waals surface area contributed by atoms with E-state index in [1.54, 1.807) is 0 Å². The van der Waals surface area contributed by atoms with E-state index in [2.05, 4.69) is 43.2 Å². The summed E-state index contributed by atoms with van der Waals surface area (Å²) in [5.41, 5.74) is 1.11. The van der Waals surface area contributed by atoms with E-state index >= 15 is 0 Å². The third-order valence-corrected chi connectivity index (χ3v) is 7.98. The van der Waals surface area contributed by atoms with Gasteiger partial charge in [-0.2, -0.15) is 0 Å². The molecule has 150 valence electrons. The van der Waals surface area contributed by atoms with Gasteiger partial charge in [-0.3, -0.25) is 4.57 Å². The van der Waals surface area contributed by atoms with Crippen LogP contribution in [0.25, 0.3) is 0 Å². The predicted molar refractivity (Wildman–Crippen MR) is 125 cm³/mol. The second-order valence-electron chi connectivity index (χ2n) is 7.48. The van der Waals surface area contributed by atoms with Crippen LogP contribution in [0.5, 0.6) is 0 Å². The van der Waals surface area contributed by atoms with Crippen LogP contribution in [0.15, 0.2) is 103 Å². The van der Waals surface area contributed by atoms with Gasteiger partial charge in [0.05, 0.1) is 6.04 Å². The quantitative estimate of drug-likeness (QED) is 0.338. The van der Waals surface area contributed by atoms with E-state index in [1.165, 1.54) is 0 Å². The molecule has 3 heteroatoms. The van der Waals surface area contributed by atoms with Crippen LogP contribution in [0.4, 0.5) is 0 Å². The fourth-order valence-electron chi connectivity index (χ4n) is 3.27. The van der Waals surface area contributed by atoms with Gasteiger partial charge in [-0.05, 0) is 42.2 Å². The number of rotatable bonds is 9. The van der Waals surface area contributed by atoms with E-state index in [-0.39, 0.29) is 6.04 Å². The van der Waals surface area contributed by atoms with Crippen molar-refractivity contribution >= 4 is 17.9 Å². The first kappa shape index (κ1) is 21.3. The molecule has 2 nitrogen and oxygen atoms in total. The van der Waals surface area contributed by atoms with Crippen molar-refractivity contribution in [2.75, 3.05) is 0 Å². The van der Waals surface area contributed by atoms with Crippen LogP contribution in [-0.2, 0) is 4.57 Å². The summed E-state index contributed by atoms with van der Waals surface area (Å²) in [6.07, 6.45) is 6.56. The Labute approximate surface area is 175 Å². The van der Waals surface area contributed by atoms with Gasteiger partial charge in [0.2, 0.25) is 7.29 Å². The van der Waals surface area contributed by atoms with Crippen molar-refractivity contribution in [1.82, 2.24) is 5.09 Å². The minimum absolute atomic E-state index is 0.133. The molecule has 0 aliphatic rings. The van der Waals surface area contributed by atoms with Crippen molar-refractivity contribution in [3.63, 3.8) is 0 Å². The Morgan fingerprint density at radius 1 is 0.828 bits per heavy atom. The monoisotopic (exact) mass is 403 g/mol. The second-order valence-corrected chi connectivity index (χ2v) is 9.98. The lowest BCUT2D eigenvalue weighted by Gasteiger charge is -2.26. The van der Waals surface area contributed by atoms with E-state index in [4.69, 9.17) is 0 Å². The third-order valence-electron chi connectivity index (χ3n) is 5.28. The molecule has 0 aliphatic heterocycles. The summed E-state index contributed by atoms with van der Waals surface area (Å²) in [7, 11) is -3.02. The van der Waals surface area contributed by atoms with Gasteiger partial charge in [-0.15, -0.1) is 0 Å². The van der Waals surface area contributed by atoms with Gasteiger partial charge < -0.3 is 0 Å². The molecule has 0 spiro atoms. The number of allylic oxidation sites excluding steroid dienone is 1. The molecule has 0 amide bonds.